The van der Waals surface area contributed by atoms with Crippen LogP contribution in [0.4, 0.5) is 14.5 Å². The van der Waals surface area contributed by atoms with E-state index < -0.39 is 33.5 Å². The molecule has 22 heavy (non-hydrogen) atoms. The highest BCUT2D eigenvalue weighted by atomic mass is 32.2. The number of anilines is 1. The van der Waals surface area contributed by atoms with Crippen LogP contribution < -0.4 is 4.72 Å². The molecular formula is C14H23F2NO4S. The summed E-state index contributed by atoms with van der Waals surface area (Å²) in [5, 5.41) is 0. The minimum absolute atomic E-state index is 0.156. The second-order valence-corrected chi connectivity index (χ2v) is 5.89. The van der Waals surface area contributed by atoms with E-state index in [0.29, 0.717) is 6.42 Å². The average Bonchev–Trinajstić information content (AvgIpc) is 2.48. The number of methoxy groups -OCH3 is 2. The first-order valence-electron chi connectivity index (χ1n) is 6.90. The van der Waals surface area contributed by atoms with Crippen LogP contribution in [0, 0.1) is 11.6 Å². The number of halogens is 2. The number of nitrogens with one attached hydrogen (secondary N) is 1. The Bertz CT molecular complexity index is 560. The Labute approximate surface area is 130 Å². The Kier molecular flexibility index (Phi) is 9.15. The zero-order valence-electron chi connectivity index (χ0n) is 13.4. The van der Waals surface area contributed by atoms with Crippen molar-refractivity contribution in [2.24, 2.45) is 0 Å². The summed E-state index contributed by atoms with van der Waals surface area (Å²) in [6, 6.07) is 1.97. The van der Waals surface area contributed by atoms with Gasteiger partial charge in [0, 0.05) is 14.2 Å². The maximum atomic E-state index is 14.2. The van der Waals surface area contributed by atoms with Crippen LogP contribution in [0.5, 0.6) is 0 Å². The monoisotopic (exact) mass is 339 g/mol. The largest absolute Gasteiger partial charge is 0.351 e. The third-order valence-electron chi connectivity index (χ3n) is 2.53. The van der Waals surface area contributed by atoms with E-state index in [1.54, 1.807) is 6.92 Å². The zero-order valence-corrected chi connectivity index (χ0v) is 14.3. The Hall–Kier alpha value is -1.25. The van der Waals surface area contributed by atoms with E-state index in [1.807, 2.05) is 13.8 Å². The van der Waals surface area contributed by atoms with E-state index in [2.05, 4.69) is 4.72 Å². The summed E-state index contributed by atoms with van der Waals surface area (Å²) in [6.07, 6.45) is -0.880. The van der Waals surface area contributed by atoms with Crippen LogP contribution in [0.2, 0.25) is 0 Å². The first-order valence-corrected chi connectivity index (χ1v) is 8.55. The van der Waals surface area contributed by atoms with Crippen molar-refractivity contribution in [2.45, 2.75) is 33.5 Å². The molecular weight excluding hydrogens is 316 g/mol. The van der Waals surface area contributed by atoms with Crippen molar-refractivity contribution in [1.29, 1.82) is 0 Å². The molecule has 0 unspecified atom stereocenters. The van der Waals surface area contributed by atoms with Crippen molar-refractivity contribution in [3.63, 3.8) is 0 Å². The number of hydrogen-bond acceptors (Lipinski definition) is 4. The van der Waals surface area contributed by atoms with Crippen molar-refractivity contribution in [3.05, 3.63) is 29.3 Å². The topological polar surface area (TPSA) is 64.6 Å². The summed E-state index contributed by atoms with van der Waals surface area (Å²) in [5.74, 6) is -2.09. The number of sulfonamides is 1. The predicted molar refractivity (Wildman–Crippen MR) is 82.2 cm³/mol. The van der Waals surface area contributed by atoms with Gasteiger partial charge in [0.1, 0.15) is 5.82 Å². The minimum atomic E-state index is -3.67. The maximum absolute atomic E-state index is 14.2. The molecule has 0 aromatic heterocycles. The van der Waals surface area contributed by atoms with E-state index in [1.165, 1.54) is 14.2 Å². The molecule has 0 saturated heterocycles. The fourth-order valence-corrected chi connectivity index (χ4v) is 2.82. The third-order valence-corrected chi connectivity index (χ3v) is 4.01. The van der Waals surface area contributed by atoms with Crippen molar-refractivity contribution in [2.75, 3.05) is 24.7 Å². The molecule has 0 fully saturated rings. The average molecular weight is 339 g/mol. The highest BCUT2D eigenvalue weighted by molar-refractivity contribution is 7.92. The van der Waals surface area contributed by atoms with Crippen LogP contribution in [0.15, 0.2) is 12.1 Å². The molecule has 0 heterocycles. The Morgan fingerprint density at radius 2 is 1.73 bits per heavy atom. The van der Waals surface area contributed by atoms with Gasteiger partial charge in [-0.3, -0.25) is 4.72 Å². The molecule has 1 N–H and O–H groups in total. The smallest absolute Gasteiger partial charge is 0.232 e. The second-order valence-electron chi connectivity index (χ2n) is 4.05. The molecule has 0 aliphatic heterocycles. The summed E-state index contributed by atoms with van der Waals surface area (Å²) in [5.41, 5.74) is -0.819. The van der Waals surface area contributed by atoms with Crippen molar-refractivity contribution >= 4 is 15.7 Å². The quantitative estimate of drug-likeness (QED) is 0.773. The second kappa shape index (κ2) is 9.70. The number of hydrogen-bond donors (Lipinski definition) is 1. The summed E-state index contributed by atoms with van der Waals surface area (Å²) >= 11 is 0. The van der Waals surface area contributed by atoms with Crippen LogP contribution in [-0.4, -0.2) is 28.4 Å². The van der Waals surface area contributed by atoms with Gasteiger partial charge in [-0.2, -0.15) is 0 Å². The molecule has 5 nitrogen and oxygen atoms in total. The Morgan fingerprint density at radius 3 is 2.18 bits per heavy atom. The van der Waals surface area contributed by atoms with Crippen LogP contribution >= 0.6 is 0 Å². The van der Waals surface area contributed by atoms with Gasteiger partial charge in [-0.05, 0) is 18.6 Å². The molecule has 1 aromatic rings. The van der Waals surface area contributed by atoms with Crippen LogP contribution in [0.3, 0.4) is 0 Å². The van der Waals surface area contributed by atoms with Gasteiger partial charge in [-0.1, -0.05) is 20.8 Å². The van der Waals surface area contributed by atoms with Crippen molar-refractivity contribution < 1.29 is 26.7 Å². The summed E-state index contributed by atoms with van der Waals surface area (Å²) in [4.78, 5) is 0. The van der Waals surface area contributed by atoms with E-state index in [-0.39, 0.29) is 11.4 Å². The third kappa shape index (κ3) is 5.51. The van der Waals surface area contributed by atoms with Crippen LogP contribution in [-0.2, 0) is 19.5 Å². The van der Waals surface area contributed by atoms with Gasteiger partial charge in [0.15, 0.2) is 12.1 Å². The Morgan fingerprint density at radius 1 is 1.18 bits per heavy atom. The van der Waals surface area contributed by atoms with Crippen LogP contribution in [0.1, 0.15) is 39.0 Å². The fourth-order valence-electron chi connectivity index (χ4n) is 1.68. The lowest BCUT2D eigenvalue weighted by Crippen LogP contribution is -2.18. The van der Waals surface area contributed by atoms with Gasteiger partial charge in [0.25, 0.3) is 0 Å². The van der Waals surface area contributed by atoms with Gasteiger partial charge >= 0.3 is 0 Å². The first-order chi connectivity index (χ1) is 10.4. The predicted octanol–water partition coefficient (Wildman–Crippen LogP) is 3.43. The van der Waals surface area contributed by atoms with Gasteiger partial charge in [0.05, 0.1) is 17.0 Å². The molecule has 0 bridgehead atoms. The first kappa shape index (κ1) is 20.8. The highest BCUT2D eigenvalue weighted by Gasteiger charge is 2.24. The molecule has 0 aliphatic rings. The molecule has 0 radical (unpaired) electrons. The number of benzene rings is 1. The summed E-state index contributed by atoms with van der Waals surface area (Å²) in [6.45, 7) is 5.68. The van der Waals surface area contributed by atoms with Gasteiger partial charge in [-0.15, -0.1) is 0 Å². The zero-order chi connectivity index (χ0) is 17.3. The number of ether oxygens (including phenoxy) is 2. The van der Waals surface area contributed by atoms with E-state index in [0.717, 1.165) is 12.1 Å². The van der Waals surface area contributed by atoms with E-state index in [9.17, 15) is 17.2 Å². The highest BCUT2D eigenvalue weighted by Crippen LogP contribution is 2.29. The number of rotatable bonds is 7. The molecule has 1 rings (SSSR count). The summed E-state index contributed by atoms with van der Waals surface area (Å²) < 4.78 is 62.8. The van der Waals surface area contributed by atoms with Crippen molar-refractivity contribution in [3.8, 4) is 0 Å². The summed E-state index contributed by atoms with van der Waals surface area (Å²) in [7, 11) is -1.22. The van der Waals surface area contributed by atoms with Gasteiger partial charge in [0.2, 0.25) is 10.0 Å². The lowest BCUT2D eigenvalue weighted by molar-refractivity contribution is -0.109. The Balaban J connectivity index is 0.00000211. The molecule has 1 aromatic carbocycles. The standard InChI is InChI=1S/C12H17F2NO4S.C2H6/c1-4-7-20(16,17)15-9-6-5-8(13)10(11(9)14)12(18-2)19-3;1-2/h5-6,12,15H,4,7H2,1-3H3;1-2H3. The molecule has 0 atom stereocenters. The minimum Gasteiger partial charge on any atom is -0.351 e. The van der Waals surface area contributed by atoms with Gasteiger partial charge < -0.3 is 9.47 Å². The lowest BCUT2D eigenvalue weighted by atomic mass is 10.1. The molecule has 0 spiro atoms. The van der Waals surface area contributed by atoms with Crippen molar-refractivity contribution in [1.82, 2.24) is 0 Å². The molecule has 0 saturated carbocycles. The van der Waals surface area contributed by atoms with Crippen LogP contribution in [0.25, 0.3) is 0 Å². The lowest BCUT2D eigenvalue weighted by Gasteiger charge is -2.17. The normalized spacial score (nSPS) is 11.1. The SMILES string of the molecule is CC.CCCS(=O)(=O)Nc1ccc(F)c(C(OC)OC)c1F. The molecule has 8 heteroatoms. The molecule has 0 aliphatic carbocycles. The van der Waals surface area contributed by atoms with Gasteiger partial charge in [-0.25, -0.2) is 17.2 Å². The molecule has 128 valence electrons. The maximum Gasteiger partial charge on any atom is 0.232 e. The van der Waals surface area contributed by atoms with E-state index in [4.69, 9.17) is 9.47 Å². The molecule has 0 amide bonds. The fraction of sp³-hybridized carbons (Fsp3) is 0.571. The van der Waals surface area contributed by atoms with E-state index >= 15 is 0 Å².